The molecular formula is C20H26F3NO3. The summed E-state index contributed by atoms with van der Waals surface area (Å²) in [7, 11) is 1.29. The minimum atomic E-state index is -4.46. The van der Waals surface area contributed by atoms with Gasteiger partial charge in [0.15, 0.2) is 0 Å². The van der Waals surface area contributed by atoms with Crippen LogP contribution in [0.15, 0.2) is 24.3 Å². The van der Waals surface area contributed by atoms with Gasteiger partial charge >= 0.3 is 12.1 Å². The van der Waals surface area contributed by atoms with Gasteiger partial charge in [-0.2, -0.15) is 13.2 Å². The van der Waals surface area contributed by atoms with E-state index in [-0.39, 0.29) is 12.5 Å². The van der Waals surface area contributed by atoms with Crippen molar-refractivity contribution in [2.45, 2.75) is 51.1 Å². The van der Waals surface area contributed by atoms with Gasteiger partial charge in [0.1, 0.15) is 0 Å². The van der Waals surface area contributed by atoms with E-state index < -0.39 is 29.0 Å². The molecular weight excluding hydrogens is 359 g/mol. The highest BCUT2D eigenvalue weighted by atomic mass is 19.4. The normalized spacial score (nSPS) is 17.4. The lowest BCUT2D eigenvalue weighted by atomic mass is 9.76. The fourth-order valence-corrected chi connectivity index (χ4v) is 3.86. The maximum absolute atomic E-state index is 13.4. The smallest absolute Gasteiger partial charge is 0.416 e. The summed E-state index contributed by atoms with van der Waals surface area (Å²) < 4.78 is 44.2. The number of hydrogen-bond acceptors (Lipinski definition) is 3. The zero-order valence-corrected chi connectivity index (χ0v) is 15.9. The van der Waals surface area contributed by atoms with E-state index in [9.17, 15) is 22.8 Å². The third kappa shape index (κ3) is 4.45. The van der Waals surface area contributed by atoms with Crippen LogP contribution in [0.5, 0.6) is 0 Å². The molecule has 1 aliphatic carbocycles. The summed E-state index contributed by atoms with van der Waals surface area (Å²) >= 11 is 0. The van der Waals surface area contributed by atoms with Crippen LogP contribution < -0.4 is 0 Å². The quantitative estimate of drug-likeness (QED) is 0.691. The maximum Gasteiger partial charge on any atom is 0.416 e. The Kier molecular flexibility index (Phi) is 6.54. The van der Waals surface area contributed by atoms with Crippen LogP contribution in [-0.4, -0.2) is 37.0 Å². The van der Waals surface area contributed by atoms with Gasteiger partial charge in [0, 0.05) is 13.1 Å². The molecule has 0 bridgehead atoms. The maximum atomic E-state index is 13.4. The molecule has 1 aromatic rings. The van der Waals surface area contributed by atoms with Gasteiger partial charge in [0.05, 0.1) is 24.0 Å². The molecule has 1 saturated carbocycles. The zero-order chi connectivity index (χ0) is 20.2. The number of methoxy groups -OCH3 is 1. The number of alkyl halides is 3. The first-order chi connectivity index (χ1) is 12.7. The van der Waals surface area contributed by atoms with E-state index in [0.717, 1.165) is 25.0 Å². The standard InChI is InChI=1S/C20H26F3NO3/c1-4-24(13-14(2)17(25)27-3)18(26)19(10-5-6-11-19)15-8-7-9-16(12-15)20(21,22)23/h7-9,12,14H,4-6,10-11,13H2,1-3H3. The summed E-state index contributed by atoms with van der Waals surface area (Å²) in [6, 6.07) is 5.09. The SMILES string of the molecule is CCN(CC(C)C(=O)OC)C(=O)C1(c2cccc(C(F)(F)F)c2)CCCC1. The lowest BCUT2D eigenvalue weighted by molar-refractivity contribution is -0.147. The number of likely N-dealkylation sites (N-methyl/N-ethyl adjacent to an activating group) is 1. The molecule has 1 amide bonds. The predicted molar refractivity (Wildman–Crippen MR) is 95.0 cm³/mol. The molecule has 27 heavy (non-hydrogen) atoms. The van der Waals surface area contributed by atoms with Gasteiger partial charge in [-0.25, -0.2) is 0 Å². The lowest BCUT2D eigenvalue weighted by Crippen LogP contribution is -2.47. The fraction of sp³-hybridized carbons (Fsp3) is 0.600. The number of benzene rings is 1. The first-order valence-electron chi connectivity index (χ1n) is 9.20. The van der Waals surface area contributed by atoms with Crippen LogP contribution in [0.4, 0.5) is 13.2 Å². The van der Waals surface area contributed by atoms with Crippen LogP contribution in [-0.2, 0) is 25.9 Å². The number of hydrogen-bond donors (Lipinski definition) is 0. The molecule has 2 rings (SSSR count). The van der Waals surface area contributed by atoms with Crippen molar-refractivity contribution in [1.29, 1.82) is 0 Å². The number of amides is 1. The van der Waals surface area contributed by atoms with E-state index in [0.29, 0.717) is 24.9 Å². The average Bonchev–Trinajstić information content (AvgIpc) is 3.15. The second kappa shape index (κ2) is 8.31. The highest BCUT2D eigenvalue weighted by molar-refractivity contribution is 5.89. The number of ether oxygens (including phenoxy) is 1. The molecule has 150 valence electrons. The van der Waals surface area contributed by atoms with Gasteiger partial charge in [-0.3, -0.25) is 9.59 Å². The second-order valence-electron chi connectivity index (χ2n) is 7.14. The Morgan fingerprint density at radius 2 is 1.89 bits per heavy atom. The fourth-order valence-electron chi connectivity index (χ4n) is 3.86. The molecule has 0 N–H and O–H groups in total. The highest BCUT2D eigenvalue weighted by Crippen LogP contribution is 2.44. The number of esters is 1. The van der Waals surface area contributed by atoms with Crippen molar-refractivity contribution in [2.75, 3.05) is 20.2 Å². The van der Waals surface area contributed by atoms with Crippen molar-refractivity contribution in [2.24, 2.45) is 5.92 Å². The monoisotopic (exact) mass is 385 g/mol. The molecule has 0 radical (unpaired) electrons. The molecule has 0 saturated heterocycles. The minimum Gasteiger partial charge on any atom is -0.469 e. The van der Waals surface area contributed by atoms with Crippen molar-refractivity contribution < 1.29 is 27.5 Å². The number of rotatable bonds is 6. The Morgan fingerprint density at radius 3 is 2.41 bits per heavy atom. The van der Waals surface area contributed by atoms with Crippen molar-refractivity contribution >= 4 is 11.9 Å². The van der Waals surface area contributed by atoms with E-state index in [1.165, 1.54) is 13.2 Å². The van der Waals surface area contributed by atoms with Crippen LogP contribution in [0.25, 0.3) is 0 Å². The Bertz CT molecular complexity index is 681. The van der Waals surface area contributed by atoms with Gasteiger partial charge in [-0.1, -0.05) is 38.0 Å². The van der Waals surface area contributed by atoms with E-state index in [1.807, 2.05) is 0 Å². The van der Waals surface area contributed by atoms with Crippen molar-refractivity contribution in [1.82, 2.24) is 4.90 Å². The van der Waals surface area contributed by atoms with Crippen LogP contribution in [0.2, 0.25) is 0 Å². The summed E-state index contributed by atoms with van der Waals surface area (Å²) in [5, 5.41) is 0. The van der Waals surface area contributed by atoms with Crippen molar-refractivity contribution in [3.63, 3.8) is 0 Å². The highest BCUT2D eigenvalue weighted by Gasteiger charge is 2.46. The Morgan fingerprint density at radius 1 is 1.26 bits per heavy atom. The first kappa shape index (κ1) is 21.3. The lowest BCUT2D eigenvalue weighted by Gasteiger charge is -2.35. The molecule has 1 unspecified atom stereocenters. The largest absolute Gasteiger partial charge is 0.469 e. The first-order valence-corrected chi connectivity index (χ1v) is 9.20. The number of carbonyl (C=O) groups is 2. The number of nitrogens with zero attached hydrogens (tertiary/aromatic N) is 1. The van der Waals surface area contributed by atoms with E-state index in [4.69, 9.17) is 4.74 Å². The van der Waals surface area contributed by atoms with E-state index >= 15 is 0 Å². The molecule has 1 aliphatic rings. The molecule has 1 aromatic carbocycles. The van der Waals surface area contributed by atoms with Crippen molar-refractivity contribution in [3.8, 4) is 0 Å². The van der Waals surface area contributed by atoms with Crippen LogP contribution in [0.3, 0.4) is 0 Å². The molecule has 0 spiro atoms. The van der Waals surface area contributed by atoms with Gasteiger partial charge in [-0.15, -0.1) is 0 Å². The Labute approximate surface area is 157 Å². The zero-order valence-electron chi connectivity index (χ0n) is 15.9. The van der Waals surface area contributed by atoms with Crippen LogP contribution in [0, 0.1) is 5.92 Å². The topological polar surface area (TPSA) is 46.6 Å². The summed E-state index contributed by atoms with van der Waals surface area (Å²) in [4.78, 5) is 26.7. The van der Waals surface area contributed by atoms with Gasteiger partial charge < -0.3 is 9.64 Å². The molecule has 4 nitrogen and oxygen atoms in total. The van der Waals surface area contributed by atoms with Crippen LogP contribution >= 0.6 is 0 Å². The third-order valence-electron chi connectivity index (χ3n) is 5.38. The van der Waals surface area contributed by atoms with E-state index in [1.54, 1.807) is 24.8 Å². The Hall–Kier alpha value is -2.05. The van der Waals surface area contributed by atoms with Gasteiger partial charge in [0.2, 0.25) is 5.91 Å². The second-order valence-corrected chi connectivity index (χ2v) is 7.14. The van der Waals surface area contributed by atoms with Gasteiger partial charge in [-0.05, 0) is 31.4 Å². The third-order valence-corrected chi connectivity index (χ3v) is 5.38. The van der Waals surface area contributed by atoms with E-state index in [2.05, 4.69) is 0 Å². The average molecular weight is 385 g/mol. The molecule has 7 heteroatoms. The van der Waals surface area contributed by atoms with Crippen LogP contribution in [0.1, 0.15) is 50.7 Å². The molecule has 0 heterocycles. The number of carbonyl (C=O) groups excluding carboxylic acids is 2. The predicted octanol–water partition coefficient (Wildman–Crippen LogP) is 4.17. The number of halogens is 3. The van der Waals surface area contributed by atoms with Crippen molar-refractivity contribution in [3.05, 3.63) is 35.4 Å². The summed E-state index contributed by atoms with van der Waals surface area (Å²) in [5.74, 6) is -1.13. The summed E-state index contributed by atoms with van der Waals surface area (Å²) in [6.07, 6.45) is -1.87. The van der Waals surface area contributed by atoms with Gasteiger partial charge in [0.25, 0.3) is 0 Å². The molecule has 1 fully saturated rings. The molecule has 1 atom stereocenters. The summed E-state index contributed by atoms with van der Waals surface area (Å²) in [5.41, 5.74) is -1.30. The molecule has 0 aliphatic heterocycles. The Balaban J connectivity index is 2.37. The minimum absolute atomic E-state index is 0.183. The molecule has 0 aromatic heterocycles. The summed E-state index contributed by atoms with van der Waals surface area (Å²) in [6.45, 7) is 4.04.